The Morgan fingerprint density at radius 3 is 2.54 bits per heavy atom. The van der Waals surface area contributed by atoms with E-state index in [-0.39, 0.29) is 17.8 Å². The van der Waals surface area contributed by atoms with Crippen molar-refractivity contribution in [2.24, 2.45) is 0 Å². The van der Waals surface area contributed by atoms with Gasteiger partial charge in [-0.05, 0) is 78.8 Å². The Bertz CT molecular complexity index is 1010. The Hall–Kier alpha value is -2.08. The van der Waals surface area contributed by atoms with Gasteiger partial charge in [-0.25, -0.2) is 13.2 Å². The van der Waals surface area contributed by atoms with E-state index in [0.29, 0.717) is 36.8 Å². The van der Waals surface area contributed by atoms with Gasteiger partial charge in [-0.3, -0.25) is 0 Å². The molecular weight excluding hydrogens is 456 g/mol. The fourth-order valence-corrected chi connectivity index (χ4v) is 5.18. The third kappa shape index (κ3) is 6.19. The Morgan fingerprint density at radius 1 is 0.971 bits per heavy atom. The highest BCUT2D eigenvalue weighted by Crippen LogP contribution is 2.39. The van der Waals surface area contributed by atoms with Crippen LogP contribution in [0.5, 0.6) is 5.75 Å². The maximum Gasteiger partial charge on any atom is 0.266 e. The number of benzene rings is 2. The predicted octanol–water partition coefficient (Wildman–Crippen LogP) is 8.13. The minimum absolute atomic E-state index is 0.121. The maximum absolute atomic E-state index is 15.0. The molecule has 6 heteroatoms. The molecule has 1 aliphatic carbocycles. The van der Waals surface area contributed by atoms with Gasteiger partial charge in [-0.15, -0.1) is 0 Å². The van der Waals surface area contributed by atoms with Gasteiger partial charge in [0.05, 0.1) is 6.10 Å². The average Bonchev–Trinajstić information content (AvgIpc) is 3.63. The minimum atomic E-state index is -1.71. The van der Waals surface area contributed by atoms with Crippen molar-refractivity contribution in [2.75, 3.05) is 0 Å². The largest absolute Gasteiger partial charge is 0.454 e. The SMILES string of the molecule is CCCCCCc1ccc(C2CCc3cc(OC(F)C4OC4CCCC)c(F)cc3C2)c(F)c1F. The smallest absolute Gasteiger partial charge is 0.266 e. The van der Waals surface area contributed by atoms with E-state index in [4.69, 9.17) is 9.47 Å². The van der Waals surface area contributed by atoms with E-state index >= 15 is 0 Å². The molecular formula is C29H36F4O2. The monoisotopic (exact) mass is 492 g/mol. The molecule has 1 fully saturated rings. The van der Waals surface area contributed by atoms with Crippen molar-refractivity contribution in [2.45, 2.75) is 109 Å². The first-order valence-corrected chi connectivity index (χ1v) is 13.2. The van der Waals surface area contributed by atoms with Crippen LogP contribution in [0.25, 0.3) is 0 Å². The van der Waals surface area contributed by atoms with Gasteiger partial charge < -0.3 is 9.47 Å². The van der Waals surface area contributed by atoms with Crippen molar-refractivity contribution in [3.05, 3.63) is 64.0 Å². The van der Waals surface area contributed by atoms with E-state index in [1.807, 2.05) is 0 Å². The summed E-state index contributed by atoms with van der Waals surface area (Å²) in [5.41, 5.74) is 2.36. The summed E-state index contributed by atoms with van der Waals surface area (Å²) in [7, 11) is 0. The fraction of sp³-hybridized carbons (Fsp3) is 0.586. The number of fused-ring (bicyclic) bond motifs is 1. The van der Waals surface area contributed by atoms with Crippen molar-refractivity contribution < 1.29 is 27.0 Å². The molecule has 4 atom stereocenters. The average molecular weight is 493 g/mol. The molecule has 4 unspecified atom stereocenters. The van der Waals surface area contributed by atoms with Gasteiger partial charge in [0.1, 0.15) is 0 Å². The van der Waals surface area contributed by atoms with E-state index in [1.165, 1.54) is 6.07 Å². The Morgan fingerprint density at radius 2 is 1.77 bits per heavy atom. The van der Waals surface area contributed by atoms with Crippen LogP contribution in [0.3, 0.4) is 0 Å². The standard InChI is InChI=1S/C29H36F4O2/c1-3-5-7-8-9-18-13-14-22(27(32)26(18)31)20-12-11-19-17-25(23(30)16-21(19)15-20)35-29(33)28-24(34-28)10-6-4-2/h13-14,16-17,20,24,28-29H,3-12,15H2,1-2H3. The number of hydrogen-bond acceptors (Lipinski definition) is 2. The van der Waals surface area contributed by atoms with Crippen LogP contribution in [0, 0.1) is 17.5 Å². The number of aryl methyl sites for hydroxylation is 2. The third-order valence-electron chi connectivity index (χ3n) is 7.38. The van der Waals surface area contributed by atoms with Gasteiger partial charge in [0, 0.05) is 0 Å². The molecule has 0 N–H and O–H groups in total. The van der Waals surface area contributed by atoms with Gasteiger partial charge >= 0.3 is 0 Å². The molecule has 2 aromatic rings. The quantitative estimate of drug-likeness (QED) is 0.169. The first-order chi connectivity index (χ1) is 16.9. The number of unbranched alkanes of at least 4 members (excludes halogenated alkanes) is 4. The molecule has 35 heavy (non-hydrogen) atoms. The lowest BCUT2D eigenvalue weighted by molar-refractivity contribution is 0.0363. The van der Waals surface area contributed by atoms with Crippen molar-refractivity contribution in [3.8, 4) is 5.75 Å². The van der Waals surface area contributed by atoms with Crippen LogP contribution in [-0.2, 0) is 24.0 Å². The molecule has 1 saturated heterocycles. The summed E-state index contributed by atoms with van der Waals surface area (Å²) in [4.78, 5) is 0. The highest BCUT2D eigenvalue weighted by molar-refractivity contribution is 5.41. The Kier molecular flexibility index (Phi) is 8.74. The molecule has 0 saturated carbocycles. The second-order valence-corrected chi connectivity index (χ2v) is 9.99. The first kappa shape index (κ1) is 26.0. The molecule has 192 valence electrons. The normalized spacial score (nSPS) is 22.1. The highest BCUT2D eigenvalue weighted by atomic mass is 19.2. The molecule has 0 aromatic heterocycles. The number of rotatable bonds is 12. The van der Waals surface area contributed by atoms with Crippen molar-refractivity contribution >= 4 is 0 Å². The van der Waals surface area contributed by atoms with Crippen LogP contribution in [0.15, 0.2) is 24.3 Å². The Balaban J connectivity index is 1.40. The van der Waals surface area contributed by atoms with Crippen molar-refractivity contribution in [1.29, 1.82) is 0 Å². The summed E-state index contributed by atoms with van der Waals surface area (Å²) in [6, 6.07) is 6.28. The lowest BCUT2D eigenvalue weighted by Gasteiger charge is -2.26. The zero-order valence-corrected chi connectivity index (χ0v) is 20.7. The number of ether oxygens (including phenoxy) is 2. The summed E-state index contributed by atoms with van der Waals surface area (Å²) < 4.78 is 69.5. The molecule has 0 bridgehead atoms. The maximum atomic E-state index is 15.0. The van der Waals surface area contributed by atoms with Crippen LogP contribution < -0.4 is 4.74 Å². The molecule has 4 rings (SSSR count). The summed E-state index contributed by atoms with van der Waals surface area (Å²) in [5, 5.41) is 0. The van der Waals surface area contributed by atoms with E-state index in [0.717, 1.165) is 56.1 Å². The van der Waals surface area contributed by atoms with Crippen LogP contribution in [0.1, 0.15) is 93.4 Å². The summed E-state index contributed by atoms with van der Waals surface area (Å²) in [6.45, 7) is 4.17. The van der Waals surface area contributed by atoms with Crippen LogP contribution in [0.2, 0.25) is 0 Å². The highest BCUT2D eigenvalue weighted by Gasteiger charge is 2.46. The Labute approximate surface area is 206 Å². The topological polar surface area (TPSA) is 21.8 Å². The number of hydrogen-bond donors (Lipinski definition) is 0. The number of halogens is 4. The summed E-state index contributed by atoms with van der Waals surface area (Å²) in [5.74, 6) is -2.54. The van der Waals surface area contributed by atoms with Crippen molar-refractivity contribution in [3.63, 3.8) is 0 Å². The zero-order chi connectivity index (χ0) is 24.9. The van der Waals surface area contributed by atoms with Crippen molar-refractivity contribution in [1.82, 2.24) is 0 Å². The molecule has 2 aliphatic rings. The molecule has 2 nitrogen and oxygen atoms in total. The lowest BCUT2D eigenvalue weighted by Crippen LogP contribution is -2.21. The molecule has 0 radical (unpaired) electrons. The van der Waals surface area contributed by atoms with Crippen LogP contribution >= 0.6 is 0 Å². The van der Waals surface area contributed by atoms with Crippen LogP contribution in [0.4, 0.5) is 17.6 Å². The summed E-state index contributed by atoms with van der Waals surface area (Å²) >= 11 is 0. The second-order valence-electron chi connectivity index (χ2n) is 9.99. The van der Waals surface area contributed by atoms with Gasteiger partial charge in [-0.2, -0.15) is 4.39 Å². The molecule has 1 heterocycles. The lowest BCUT2D eigenvalue weighted by atomic mass is 9.79. The van der Waals surface area contributed by atoms with Gasteiger partial charge in [0.15, 0.2) is 29.3 Å². The fourth-order valence-electron chi connectivity index (χ4n) is 5.18. The molecule has 0 spiro atoms. The molecule has 2 aromatic carbocycles. The van der Waals surface area contributed by atoms with E-state index in [2.05, 4.69) is 13.8 Å². The molecule has 0 amide bonds. The van der Waals surface area contributed by atoms with Gasteiger partial charge in [0.25, 0.3) is 6.36 Å². The van der Waals surface area contributed by atoms with Gasteiger partial charge in [0.2, 0.25) is 0 Å². The van der Waals surface area contributed by atoms with E-state index in [1.54, 1.807) is 18.2 Å². The third-order valence-corrected chi connectivity index (χ3v) is 7.38. The zero-order valence-electron chi connectivity index (χ0n) is 20.7. The first-order valence-electron chi connectivity index (χ1n) is 13.2. The second kappa shape index (κ2) is 11.8. The summed E-state index contributed by atoms with van der Waals surface area (Å²) in [6.07, 6.45) is 6.35. The predicted molar refractivity (Wildman–Crippen MR) is 129 cm³/mol. The van der Waals surface area contributed by atoms with E-state index in [9.17, 15) is 17.6 Å². The van der Waals surface area contributed by atoms with Gasteiger partial charge in [-0.1, -0.05) is 58.1 Å². The minimum Gasteiger partial charge on any atom is -0.454 e. The number of epoxide rings is 1. The van der Waals surface area contributed by atoms with Crippen LogP contribution in [-0.4, -0.2) is 18.6 Å². The molecule has 1 aliphatic heterocycles. The number of alkyl halides is 1. The van der Waals surface area contributed by atoms with E-state index < -0.39 is 29.9 Å².